The van der Waals surface area contributed by atoms with Crippen LogP contribution in [0.2, 0.25) is 0 Å². The molecule has 0 atom stereocenters. The Hall–Kier alpha value is -4.97. The van der Waals surface area contributed by atoms with E-state index in [9.17, 15) is 14.4 Å². The maximum Gasteiger partial charge on any atom is 0.281 e. The zero-order chi connectivity index (χ0) is 25.1. The van der Waals surface area contributed by atoms with E-state index in [0.717, 1.165) is 5.69 Å². The van der Waals surface area contributed by atoms with Gasteiger partial charge in [0.15, 0.2) is 5.65 Å². The molecule has 178 valence electrons. The number of hydrogen-bond donors (Lipinski definition) is 1. The SMILES string of the molecule is N#Cc1ccc(C(=O)Nc2cnc3c(C(=O)N4CCN(c5ccccc5)CC4)cccn3c2=O)cc1. The number of rotatable bonds is 4. The van der Waals surface area contributed by atoms with Crippen molar-refractivity contribution in [2.45, 2.75) is 0 Å². The van der Waals surface area contributed by atoms with E-state index in [-0.39, 0.29) is 17.2 Å². The summed E-state index contributed by atoms with van der Waals surface area (Å²) in [7, 11) is 0. The van der Waals surface area contributed by atoms with E-state index < -0.39 is 11.5 Å². The van der Waals surface area contributed by atoms with Gasteiger partial charge in [-0.05, 0) is 48.5 Å². The number of hydrogen-bond acceptors (Lipinski definition) is 6. The van der Waals surface area contributed by atoms with Gasteiger partial charge in [-0.3, -0.25) is 18.8 Å². The number of anilines is 2. The quantitative estimate of drug-likeness (QED) is 0.483. The van der Waals surface area contributed by atoms with Crippen molar-refractivity contribution >= 4 is 28.8 Å². The van der Waals surface area contributed by atoms with Crippen LogP contribution < -0.4 is 15.8 Å². The molecule has 1 saturated heterocycles. The average Bonchev–Trinajstić information content (AvgIpc) is 2.94. The number of amides is 2. The normalized spacial score (nSPS) is 13.3. The van der Waals surface area contributed by atoms with E-state index in [1.165, 1.54) is 41.1 Å². The molecule has 3 heterocycles. The van der Waals surface area contributed by atoms with Crippen LogP contribution in [0.3, 0.4) is 0 Å². The second-order valence-electron chi connectivity index (χ2n) is 8.35. The third-order valence-corrected chi connectivity index (χ3v) is 6.18. The predicted molar refractivity (Wildman–Crippen MR) is 135 cm³/mol. The number of carbonyl (C=O) groups is 2. The van der Waals surface area contributed by atoms with Crippen LogP contribution in [-0.2, 0) is 0 Å². The molecule has 0 bridgehead atoms. The van der Waals surface area contributed by atoms with Gasteiger partial charge < -0.3 is 15.1 Å². The van der Waals surface area contributed by atoms with E-state index >= 15 is 0 Å². The third kappa shape index (κ3) is 4.40. The first kappa shape index (κ1) is 22.8. The molecule has 0 spiro atoms. The van der Waals surface area contributed by atoms with Gasteiger partial charge in [0.2, 0.25) is 0 Å². The Kier molecular flexibility index (Phi) is 6.16. The second kappa shape index (κ2) is 9.72. The number of benzene rings is 2. The molecule has 0 unspecified atom stereocenters. The van der Waals surface area contributed by atoms with E-state index in [1.807, 2.05) is 24.3 Å². The average molecular weight is 479 g/mol. The van der Waals surface area contributed by atoms with Crippen molar-refractivity contribution in [1.29, 1.82) is 5.26 Å². The van der Waals surface area contributed by atoms with Crippen molar-refractivity contribution in [2.24, 2.45) is 0 Å². The zero-order valence-corrected chi connectivity index (χ0v) is 19.3. The van der Waals surface area contributed by atoms with Gasteiger partial charge in [-0.1, -0.05) is 18.2 Å². The molecule has 2 aromatic heterocycles. The number of nitrogens with one attached hydrogen (secondary N) is 1. The first-order valence-electron chi connectivity index (χ1n) is 11.5. The lowest BCUT2D eigenvalue weighted by molar-refractivity contribution is 0.0748. The van der Waals surface area contributed by atoms with Crippen molar-refractivity contribution < 1.29 is 9.59 Å². The van der Waals surface area contributed by atoms with Crippen LogP contribution in [0.5, 0.6) is 0 Å². The molecule has 2 amide bonds. The van der Waals surface area contributed by atoms with Gasteiger partial charge in [-0.15, -0.1) is 0 Å². The molecule has 36 heavy (non-hydrogen) atoms. The Morgan fingerprint density at radius 1 is 0.917 bits per heavy atom. The number of pyridine rings is 1. The van der Waals surface area contributed by atoms with Crippen molar-refractivity contribution in [3.8, 4) is 6.07 Å². The highest BCUT2D eigenvalue weighted by Gasteiger charge is 2.24. The Labute approximate surface area is 206 Å². The molecule has 9 nitrogen and oxygen atoms in total. The number of aromatic nitrogens is 2. The number of nitrogens with zero attached hydrogens (tertiary/aromatic N) is 5. The molecule has 4 aromatic rings. The lowest BCUT2D eigenvalue weighted by Gasteiger charge is -2.36. The van der Waals surface area contributed by atoms with Crippen LogP contribution >= 0.6 is 0 Å². The van der Waals surface area contributed by atoms with Crippen LogP contribution in [0.4, 0.5) is 11.4 Å². The first-order valence-corrected chi connectivity index (χ1v) is 11.5. The molecule has 2 aromatic carbocycles. The van der Waals surface area contributed by atoms with Gasteiger partial charge >= 0.3 is 0 Å². The fourth-order valence-electron chi connectivity index (χ4n) is 4.23. The lowest BCUT2D eigenvalue weighted by Crippen LogP contribution is -2.49. The molecule has 1 fully saturated rings. The molecule has 1 aliphatic heterocycles. The summed E-state index contributed by atoms with van der Waals surface area (Å²) in [5.74, 6) is -0.691. The maximum atomic E-state index is 13.3. The Morgan fingerprint density at radius 3 is 2.33 bits per heavy atom. The van der Waals surface area contributed by atoms with E-state index in [1.54, 1.807) is 17.0 Å². The largest absolute Gasteiger partial charge is 0.368 e. The molecule has 5 rings (SSSR count). The monoisotopic (exact) mass is 478 g/mol. The summed E-state index contributed by atoms with van der Waals surface area (Å²) in [4.78, 5) is 47.3. The lowest BCUT2D eigenvalue weighted by atomic mass is 10.1. The Bertz CT molecular complexity index is 1530. The van der Waals surface area contributed by atoms with Gasteiger partial charge in [0, 0.05) is 43.6 Å². The molecule has 1 aliphatic rings. The van der Waals surface area contributed by atoms with Crippen LogP contribution in [-0.4, -0.2) is 52.3 Å². The fraction of sp³-hybridized carbons (Fsp3) is 0.148. The number of nitriles is 1. The Balaban J connectivity index is 1.35. The summed E-state index contributed by atoms with van der Waals surface area (Å²) in [5.41, 5.74) is 1.91. The molecule has 9 heteroatoms. The second-order valence-corrected chi connectivity index (χ2v) is 8.35. The summed E-state index contributed by atoms with van der Waals surface area (Å²) in [6.45, 7) is 2.52. The Morgan fingerprint density at radius 2 is 1.64 bits per heavy atom. The fourth-order valence-corrected chi connectivity index (χ4v) is 4.23. The van der Waals surface area contributed by atoms with Gasteiger partial charge in [0.25, 0.3) is 17.4 Å². The highest BCUT2D eigenvalue weighted by Crippen LogP contribution is 2.18. The van der Waals surface area contributed by atoms with Crippen LogP contribution in [0, 0.1) is 11.3 Å². The van der Waals surface area contributed by atoms with Crippen LogP contribution in [0.1, 0.15) is 26.3 Å². The van der Waals surface area contributed by atoms with E-state index in [0.29, 0.717) is 42.9 Å². The molecular formula is C27H22N6O3. The first-order chi connectivity index (χ1) is 17.5. The minimum atomic E-state index is -0.498. The smallest absolute Gasteiger partial charge is 0.281 e. The zero-order valence-electron chi connectivity index (χ0n) is 19.3. The van der Waals surface area contributed by atoms with Crippen molar-refractivity contribution in [1.82, 2.24) is 14.3 Å². The summed E-state index contributed by atoms with van der Waals surface area (Å²) in [5, 5.41) is 11.5. The number of para-hydroxylation sites is 1. The number of piperazine rings is 1. The summed E-state index contributed by atoms with van der Waals surface area (Å²) in [6, 6.07) is 21.4. The predicted octanol–water partition coefficient (Wildman–Crippen LogP) is 2.78. The summed E-state index contributed by atoms with van der Waals surface area (Å²) in [6.07, 6.45) is 2.79. The maximum absolute atomic E-state index is 13.3. The molecule has 0 saturated carbocycles. The minimum Gasteiger partial charge on any atom is -0.368 e. The standard InChI is InChI=1S/C27H22N6O3/c28-17-19-8-10-20(11-9-19)25(34)30-23-18-29-24-22(7-4-12-33(24)27(23)36)26(35)32-15-13-31(14-16-32)21-5-2-1-3-6-21/h1-12,18H,13-16H2,(H,30,34). The van der Waals surface area contributed by atoms with E-state index in [2.05, 4.69) is 27.3 Å². The molecule has 0 aliphatic carbocycles. The number of fused-ring (bicyclic) bond motifs is 1. The highest BCUT2D eigenvalue weighted by atomic mass is 16.2. The van der Waals surface area contributed by atoms with Crippen LogP contribution in [0.15, 0.2) is 83.9 Å². The molecule has 0 radical (unpaired) electrons. The number of carbonyl (C=O) groups excluding carboxylic acids is 2. The molecule has 1 N–H and O–H groups in total. The van der Waals surface area contributed by atoms with Gasteiger partial charge in [-0.2, -0.15) is 5.26 Å². The summed E-state index contributed by atoms with van der Waals surface area (Å²) < 4.78 is 1.27. The minimum absolute atomic E-state index is 0.0112. The van der Waals surface area contributed by atoms with Gasteiger partial charge in [-0.25, -0.2) is 4.98 Å². The van der Waals surface area contributed by atoms with Crippen molar-refractivity contribution in [3.05, 3.63) is 106 Å². The van der Waals surface area contributed by atoms with Gasteiger partial charge in [0.05, 0.1) is 23.4 Å². The summed E-state index contributed by atoms with van der Waals surface area (Å²) >= 11 is 0. The van der Waals surface area contributed by atoms with E-state index in [4.69, 9.17) is 5.26 Å². The highest BCUT2D eigenvalue weighted by molar-refractivity contribution is 6.04. The topological polar surface area (TPSA) is 111 Å². The van der Waals surface area contributed by atoms with Crippen molar-refractivity contribution in [2.75, 3.05) is 36.4 Å². The van der Waals surface area contributed by atoms with Gasteiger partial charge in [0.1, 0.15) is 5.69 Å². The van der Waals surface area contributed by atoms with Crippen LogP contribution in [0.25, 0.3) is 5.65 Å². The molecular weight excluding hydrogens is 456 g/mol. The third-order valence-electron chi connectivity index (χ3n) is 6.18. The van der Waals surface area contributed by atoms with Crippen molar-refractivity contribution in [3.63, 3.8) is 0 Å².